The third-order valence-corrected chi connectivity index (χ3v) is 2.30. The molecular formula is C8H20B2. The number of rotatable bonds is 3. The fourth-order valence-electron chi connectivity index (χ4n) is 1.06. The smallest absolute Gasteiger partial charge is 0.0710 e. The normalized spacial score (nSPS) is 15.4. The summed E-state index contributed by atoms with van der Waals surface area (Å²) in [4.78, 5) is 0. The summed E-state index contributed by atoms with van der Waals surface area (Å²) in [5, 5.41) is 0.490. The van der Waals surface area contributed by atoms with E-state index in [0.717, 1.165) is 11.6 Å². The molecule has 1 atom stereocenters. The molecule has 10 heavy (non-hydrogen) atoms. The summed E-state index contributed by atoms with van der Waals surface area (Å²) < 4.78 is 0. The Morgan fingerprint density at radius 1 is 1.20 bits per heavy atom. The van der Waals surface area contributed by atoms with E-state index in [-0.39, 0.29) is 0 Å². The lowest BCUT2D eigenvalue weighted by Crippen LogP contribution is -2.16. The Morgan fingerprint density at radius 2 is 1.60 bits per heavy atom. The summed E-state index contributed by atoms with van der Waals surface area (Å²) in [6.07, 6.45) is 0. The molecule has 0 rings (SSSR count). The van der Waals surface area contributed by atoms with Gasteiger partial charge >= 0.3 is 0 Å². The molecule has 0 nitrogen and oxygen atoms in total. The molecule has 0 radical (unpaired) electrons. The van der Waals surface area contributed by atoms with E-state index in [1.807, 2.05) is 0 Å². The van der Waals surface area contributed by atoms with Crippen LogP contribution in [0.15, 0.2) is 0 Å². The molecule has 0 aliphatic heterocycles. The van der Waals surface area contributed by atoms with Crippen molar-refractivity contribution in [1.29, 1.82) is 0 Å². The van der Waals surface area contributed by atoms with Crippen molar-refractivity contribution in [3.63, 3.8) is 0 Å². The molecule has 0 aromatic carbocycles. The molecule has 0 fully saturated rings. The average Bonchev–Trinajstić information content (AvgIpc) is 1.60. The predicted molar refractivity (Wildman–Crippen MR) is 54.3 cm³/mol. The monoisotopic (exact) mass is 138 g/mol. The third kappa shape index (κ3) is 4.03. The lowest BCUT2D eigenvalue weighted by Gasteiger charge is -2.27. The van der Waals surface area contributed by atoms with Crippen LogP contribution < -0.4 is 0 Å². The molecule has 0 saturated carbocycles. The van der Waals surface area contributed by atoms with Crippen LogP contribution in [0.2, 0.25) is 16.9 Å². The van der Waals surface area contributed by atoms with Gasteiger partial charge in [-0.05, 0) is 0 Å². The van der Waals surface area contributed by atoms with Gasteiger partial charge in [-0.15, -0.1) is 0 Å². The molecule has 2 heteroatoms. The fourth-order valence-corrected chi connectivity index (χ4v) is 1.06. The maximum absolute atomic E-state index is 2.35. The van der Waals surface area contributed by atoms with E-state index in [0.29, 0.717) is 5.31 Å². The largest absolute Gasteiger partial charge is 0.126 e. The van der Waals surface area contributed by atoms with Crippen molar-refractivity contribution < 1.29 is 0 Å². The molecule has 0 aromatic heterocycles. The van der Waals surface area contributed by atoms with E-state index in [9.17, 15) is 0 Å². The van der Waals surface area contributed by atoms with Gasteiger partial charge in [-0.2, -0.15) is 0 Å². The molecule has 0 aliphatic rings. The van der Waals surface area contributed by atoms with Crippen LogP contribution in [0.1, 0.15) is 34.6 Å². The van der Waals surface area contributed by atoms with Gasteiger partial charge in [0.1, 0.15) is 15.1 Å². The Kier molecular flexibility index (Phi) is 3.55. The van der Waals surface area contributed by atoms with E-state index in [4.69, 9.17) is 0 Å². The van der Waals surface area contributed by atoms with Gasteiger partial charge in [0.25, 0.3) is 0 Å². The minimum Gasteiger partial charge on any atom is -0.0710 e. The Morgan fingerprint density at radius 3 is 1.70 bits per heavy atom. The highest BCUT2D eigenvalue weighted by molar-refractivity contribution is 6.42. The fraction of sp³-hybridized carbons (Fsp3) is 1.00. The minimum absolute atomic E-state index is 0.490. The summed E-state index contributed by atoms with van der Waals surface area (Å²) >= 11 is 0. The molecule has 0 aliphatic carbocycles. The van der Waals surface area contributed by atoms with Crippen molar-refractivity contribution in [2.45, 2.75) is 51.6 Å². The minimum atomic E-state index is 0.490. The van der Waals surface area contributed by atoms with E-state index in [2.05, 4.69) is 42.5 Å². The van der Waals surface area contributed by atoms with Gasteiger partial charge in [0, 0.05) is 0 Å². The van der Waals surface area contributed by atoms with Crippen LogP contribution in [0, 0.1) is 0 Å². The summed E-state index contributed by atoms with van der Waals surface area (Å²) in [5.41, 5.74) is 0. The van der Waals surface area contributed by atoms with Crippen molar-refractivity contribution in [1.82, 2.24) is 0 Å². The van der Waals surface area contributed by atoms with Crippen LogP contribution in [-0.4, -0.2) is 15.1 Å². The zero-order chi connectivity index (χ0) is 8.36. The SMILES string of the molecule is BC(C)(C)C(C)BC(C)C. The van der Waals surface area contributed by atoms with Crippen molar-refractivity contribution in [3.05, 3.63) is 0 Å². The third-order valence-electron chi connectivity index (χ3n) is 2.30. The first-order valence-electron chi connectivity index (χ1n) is 4.34. The molecule has 0 saturated heterocycles. The Hall–Kier alpha value is 0.130. The van der Waals surface area contributed by atoms with Crippen molar-refractivity contribution in [2.24, 2.45) is 0 Å². The second kappa shape index (κ2) is 3.50. The van der Waals surface area contributed by atoms with E-state index in [1.165, 1.54) is 7.28 Å². The highest BCUT2D eigenvalue weighted by Gasteiger charge is 2.21. The quantitative estimate of drug-likeness (QED) is 0.522. The maximum Gasteiger partial charge on any atom is 0.126 e. The zero-order valence-corrected chi connectivity index (χ0v) is 8.36. The average molecular weight is 138 g/mol. The van der Waals surface area contributed by atoms with E-state index >= 15 is 0 Å². The van der Waals surface area contributed by atoms with Crippen LogP contribution in [0.5, 0.6) is 0 Å². The summed E-state index contributed by atoms with van der Waals surface area (Å²) in [6.45, 7) is 11.6. The van der Waals surface area contributed by atoms with Crippen LogP contribution in [0.3, 0.4) is 0 Å². The lowest BCUT2D eigenvalue weighted by molar-refractivity contribution is 0.640. The topological polar surface area (TPSA) is 0 Å². The second-order valence-corrected chi connectivity index (χ2v) is 4.90. The Balaban J connectivity index is 3.73. The van der Waals surface area contributed by atoms with Gasteiger partial charge in [0.05, 0.1) is 0 Å². The van der Waals surface area contributed by atoms with Crippen LogP contribution in [0.25, 0.3) is 0 Å². The van der Waals surface area contributed by atoms with E-state index in [1.54, 1.807) is 0 Å². The zero-order valence-electron chi connectivity index (χ0n) is 8.36. The first-order chi connectivity index (χ1) is 4.34. The highest BCUT2D eigenvalue weighted by Crippen LogP contribution is 2.35. The molecule has 0 amide bonds. The first-order valence-corrected chi connectivity index (χ1v) is 4.34. The van der Waals surface area contributed by atoms with Crippen molar-refractivity contribution in [3.8, 4) is 0 Å². The van der Waals surface area contributed by atoms with Gasteiger partial charge in [0.15, 0.2) is 0 Å². The van der Waals surface area contributed by atoms with Gasteiger partial charge in [-0.3, -0.25) is 0 Å². The lowest BCUT2D eigenvalue weighted by atomic mass is 9.44. The number of hydrogen-bond acceptors (Lipinski definition) is 0. The van der Waals surface area contributed by atoms with Crippen molar-refractivity contribution >= 4 is 15.1 Å². The molecule has 0 aromatic rings. The standard InChI is InChI=1S/C8H20B2/c1-6(2)10-7(3)8(4,5)9/h6-7,10H,9H2,1-5H3. The molecule has 58 valence electrons. The van der Waals surface area contributed by atoms with E-state index < -0.39 is 0 Å². The molecule has 0 heterocycles. The second-order valence-electron chi connectivity index (χ2n) is 4.90. The Labute approximate surface area is 67.4 Å². The van der Waals surface area contributed by atoms with Gasteiger partial charge < -0.3 is 0 Å². The first kappa shape index (κ1) is 10.1. The van der Waals surface area contributed by atoms with Gasteiger partial charge in [0.2, 0.25) is 0 Å². The summed E-state index contributed by atoms with van der Waals surface area (Å²) in [5.74, 6) is 1.68. The van der Waals surface area contributed by atoms with Crippen molar-refractivity contribution in [2.75, 3.05) is 0 Å². The molecule has 0 bridgehead atoms. The van der Waals surface area contributed by atoms with Gasteiger partial charge in [-0.25, -0.2) is 0 Å². The van der Waals surface area contributed by atoms with Gasteiger partial charge in [-0.1, -0.05) is 51.6 Å². The number of hydrogen-bond donors (Lipinski definition) is 0. The van der Waals surface area contributed by atoms with Crippen LogP contribution >= 0.6 is 0 Å². The maximum atomic E-state index is 2.35. The summed E-state index contributed by atoms with van der Waals surface area (Å²) in [7, 11) is 3.67. The predicted octanol–water partition coefficient (Wildman–Crippen LogP) is 1.89. The van der Waals surface area contributed by atoms with Crippen LogP contribution in [0.4, 0.5) is 0 Å². The molecule has 0 spiro atoms. The highest BCUT2D eigenvalue weighted by atomic mass is 14.1. The molecule has 1 unspecified atom stereocenters. The van der Waals surface area contributed by atoms with Crippen LogP contribution in [-0.2, 0) is 0 Å². The molecular weight excluding hydrogens is 118 g/mol. The Bertz CT molecular complexity index is 91.9. The molecule has 0 N–H and O–H groups in total. The summed E-state index contributed by atoms with van der Waals surface area (Å²) in [6, 6.07) is 0.